The van der Waals surface area contributed by atoms with Crippen molar-refractivity contribution < 1.29 is 9.59 Å². The van der Waals surface area contributed by atoms with Gasteiger partial charge >= 0.3 is 6.03 Å². The molecule has 2 fully saturated rings. The van der Waals surface area contributed by atoms with Gasteiger partial charge in [0.1, 0.15) is 0 Å². The molecule has 4 rings (SSSR count). The summed E-state index contributed by atoms with van der Waals surface area (Å²) in [5, 5.41) is 1.47. The fraction of sp³-hybridized carbons (Fsp3) is 0.231. The van der Waals surface area contributed by atoms with Crippen molar-refractivity contribution in [3.63, 3.8) is 0 Å². The average Bonchev–Trinajstić information content (AvgIpc) is 3.03. The summed E-state index contributed by atoms with van der Waals surface area (Å²) in [5.41, 5.74) is 2.88. The molecule has 1 aliphatic carbocycles. The molecular formula is C13H11N3O2. The van der Waals surface area contributed by atoms with Gasteiger partial charge in [0, 0.05) is 12.5 Å². The van der Waals surface area contributed by atoms with E-state index in [0.717, 1.165) is 0 Å². The van der Waals surface area contributed by atoms with E-state index in [1.54, 1.807) is 12.1 Å². The van der Waals surface area contributed by atoms with E-state index in [0.29, 0.717) is 12.1 Å². The zero-order valence-corrected chi connectivity index (χ0v) is 9.54. The van der Waals surface area contributed by atoms with Crippen molar-refractivity contribution in [2.45, 2.75) is 18.0 Å². The Labute approximate surface area is 104 Å². The van der Waals surface area contributed by atoms with Crippen molar-refractivity contribution in [1.29, 1.82) is 0 Å². The first-order valence-corrected chi connectivity index (χ1v) is 5.92. The molecule has 0 radical (unpaired) electrons. The van der Waals surface area contributed by atoms with Crippen molar-refractivity contribution in [1.82, 2.24) is 10.4 Å². The maximum Gasteiger partial charge on any atom is 0.347 e. The lowest BCUT2D eigenvalue weighted by atomic mass is 9.99. The van der Waals surface area contributed by atoms with Gasteiger partial charge < -0.3 is 0 Å². The van der Waals surface area contributed by atoms with Crippen molar-refractivity contribution in [3.05, 3.63) is 42.5 Å². The third-order valence-electron chi connectivity index (χ3n) is 3.80. The minimum atomic E-state index is -0.794. The molecule has 2 aliphatic heterocycles. The van der Waals surface area contributed by atoms with Crippen LogP contribution in [-0.2, 0) is 4.79 Å². The first-order valence-electron chi connectivity index (χ1n) is 5.92. The van der Waals surface area contributed by atoms with Crippen LogP contribution < -0.4 is 10.3 Å². The predicted octanol–water partition coefficient (Wildman–Crippen LogP) is 1.04. The minimum Gasteiger partial charge on any atom is -0.271 e. The summed E-state index contributed by atoms with van der Waals surface area (Å²) >= 11 is 0. The standard InChI is InChI=1S/C13H11N3O2/c17-11-13-7-6-9(8-13)14-16(13)12(18)15(11)10-4-2-1-3-5-10/h1-7,9,14H,8H2. The fourth-order valence-electron chi connectivity index (χ4n) is 2.95. The molecule has 90 valence electrons. The highest BCUT2D eigenvalue weighted by molar-refractivity contribution is 6.24. The highest BCUT2D eigenvalue weighted by Crippen LogP contribution is 2.42. The van der Waals surface area contributed by atoms with Crippen LogP contribution in [0, 0.1) is 0 Å². The lowest BCUT2D eigenvalue weighted by Gasteiger charge is -2.23. The zero-order valence-electron chi connectivity index (χ0n) is 9.54. The molecule has 3 aliphatic rings. The van der Waals surface area contributed by atoms with Crippen LogP contribution in [0.1, 0.15) is 6.42 Å². The molecule has 5 nitrogen and oxygen atoms in total. The van der Waals surface area contributed by atoms with Gasteiger partial charge in [-0.25, -0.2) is 20.1 Å². The van der Waals surface area contributed by atoms with Crippen LogP contribution >= 0.6 is 0 Å². The fourth-order valence-corrected chi connectivity index (χ4v) is 2.95. The Morgan fingerprint density at radius 1 is 1.22 bits per heavy atom. The number of nitrogens with zero attached hydrogens (tertiary/aromatic N) is 2. The van der Waals surface area contributed by atoms with Crippen molar-refractivity contribution in [2.24, 2.45) is 0 Å². The van der Waals surface area contributed by atoms with Gasteiger partial charge in [-0.3, -0.25) is 4.79 Å². The number of carbonyl (C=O) groups is 2. The maximum atomic E-state index is 12.5. The van der Waals surface area contributed by atoms with Crippen LogP contribution in [0.25, 0.3) is 0 Å². The lowest BCUT2D eigenvalue weighted by molar-refractivity contribution is -0.122. The number of hydrogen-bond donors (Lipinski definition) is 1. The van der Waals surface area contributed by atoms with Crippen LogP contribution in [0.3, 0.4) is 0 Å². The third kappa shape index (κ3) is 0.960. The van der Waals surface area contributed by atoms with Gasteiger partial charge in [0.15, 0.2) is 5.54 Å². The molecule has 2 heterocycles. The number of benzene rings is 1. The summed E-state index contributed by atoms with van der Waals surface area (Å²) in [7, 11) is 0. The van der Waals surface area contributed by atoms with E-state index < -0.39 is 5.54 Å². The van der Waals surface area contributed by atoms with Gasteiger partial charge in [-0.05, 0) is 12.1 Å². The average molecular weight is 241 g/mol. The Morgan fingerprint density at radius 3 is 2.67 bits per heavy atom. The second-order valence-corrected chi connectivity index (χ2v) is 4.82. The Kier molecular flexibility index (Phi) is 1.64. The highest BCUT2D eigenvalue weighted by atomic mass is 16.2. The Hall–Kier alpha value is -2.14. The number of rotatable bonds is 1. The van der Waals surface area contributed by atoms with Crippen LogP contribution in [-0.4, -0.2) is 28.5 Å². The molecule has 1 aromatic carbocycles. The lowest BCUT2D eigenvalue weighted by Crippen LogP contribution is -2.48. The number of nitrogens with one attached hydrogen (secondary N) is 1. The molecule has 1 N–H and O–H groups in total. The second kappa shape index (κ2) is 3.00. The summed E-state index contributed by atoms with van der Waals surface area (Å²) in [6, 6.07) is 8.84. The van der Waals surface area contributed by atoms with Gasteiger partial charge in [0.05, 0.1) is 5.69 Å². The van der Waals surface area contributed by atoms with Gasteiger partial charge in [-0.1, -0.05) is 30.4 Å². The van der Waals surface area contributed by atoms with Crippen LogP contribution in [0.5, 0.6) is 0 Å². The molecule has 2 bridgehead atoms. The highest BCUT2D eigenvalue weighted by Gasteiger charge is 2.63. The predicted molar refractivity (Wildman–Crippen MR) is 64.6 cm³/mol. The number of anilines is 1. The van der Waals surface area contributed by atoms with Crippen molar-refractivity contribution >= 4 is 17.6 Å². The molecule has 2 unspecified atom stereocenters. The van der Waals surface area contributed by atoms with Gasteiger partial charge in [0.25, 0.3) is 5.91 Å². The van der Waals surface area contributed by atoms with Crippen molar-refractivity contribution in [2.75, 3.05) is 4.90 Å². The summed E-state index contributed by atoms with van der Waals surface area (Å²) in [6.07, 6.45) is 4.44. The van der Waals surface area contributed by atoms with Crippen LogP contribution in [0.2, 0.25) is 0 Å². The van der Waals surface area contributed by atoms with Crippen molar-refractivity contribution in [3.8, 4) is 0 Å². The number of imide groups is 1. The number of carbonyl (C=O) groups excluding carboxylic acids is 2. The first-order chi connectivity index (χ1) is 8.72. The number of hydrazine groups is 1. The summed E-state index contributed by atoms with van der Waals surface area (Å²) in [5.74, 6) is -0.164. The smallest absolute Gasteiger partial charge is 0.271 e. The molecule has 18 heavy (non-hydrogen) atoms. The van der Waals surface area contributed by atoms with E-state index in [1.807, 2.05) is 30.4 Å². The third-order valence-corrected chi connectivity index (χ3v) is 3.80. The second-order valence-electron chi connectivity index (χ2n) is 4.82. The quantitative estimate of drug-likeness (QED) is 0.590. The summed E-state index contributed by atoms with van der Waals surface area (Å²) < 4.78 is 0. The number of fused-ring (bicyclic) bond motifs is 1. The topological polar surface area (TPSA) is 52.7 Å². The SMILES string of the molecule is O=C1N(c2ccccc2)C(=O)C23C=CC(C2)NN13. The molecule has 5 heteroatoms. The number of hydrogen-bond acceptors (Lipinski definition) is 3. The van der Waals surface area contributed by atoms with Gasteiger partial charge in [-0.2, -0.15) is 0 Å². The van der Waals surface area contributed by atoms with Gasteiger partial charge in [-0.15, -0.1) is 0 Å². The molecule has 3 amide bonds. The zero-order chi connectivity index (χ0) is 12.3. The summed E-state index contributed by atoms with van der Waals surface area (Å²) in [6.45, 7) is 0. The Morgan fingerprint density at radius 2 is 2.00 bits per heavy atom. The van der Waals surface area contributed by atoms with Crippen LogP contribution in [0.15, 0.2) is 42.5 Å². The number of amides is 3. The molecule has 1 aromatic rings. The number of urea groups is 1. The van der Waals surface area contributed by atoms with E-state index in [-0.39, 0.29) is 18.0 Å². The normalized spacial score (nSPS) is 32.6. The van der Waals surface area contributed by atoms with E-state index in [9.17, 15) is 9.59 Å². The van der Waals surface area contributed by atoms with E-state index in [2.05, 4.69) is 5.43 Å². The molecular weight excluding hydrogens is 230 g/mol. The molecule has 2 saturated heterocycles. The Bertz CT molecular complexity index is 583. The monoisotopic (exact) mass is 241 g/mol. The summed E-state index contributed by atoms with van der Waals surface area (Å²) in [4.78, 5) is 26.1. The van der Waals surface area contributed by atoms with E-state index in [1.165, 1.54) is 9.91 Å². The number of para-hydroxylation sites is 1. The van der Waals surface area contributed by atoms with E-state index in [4.69, 9.17) is 0 Å². The minimum absolute atomic E-state index is 0.107. The molecule has 2 atom stereocenters. The molecule has 0 saturated carbocycles. The van der Waals surface area contributed by atoms with E-state index >= 15 is 0 Å². The first kappa shape index (κ1) is 9.85. The molecule has 1 spiro atoms. The largest absolute Gasteiger partial charge is 0.347 e. The maximum absolute atomic E-state index is 12.5. The Balaban J connectivity index is 1.83. The molecule has 0 aromatic heterocycles. The van der Waals surface area contributed by atoms with Gasteiger partial charge in [0.2, 0.25) is 0 Å². The van der Waals surface area contributed by atoms with Crippen LogP contribution in [0.4, 0.5) is 10.5 Å².